The van der Waals surface area contributed by atoms with Gasteiger partial charge in [-0.3, -0.25) is 4.79 Å². The van der Waals surface area contributed by atoms with Crippen LogP contribution in [0.3, 0.4) is 0 Å². The number of carbonyl (C=O) groups excluding carboxylic acids is 1. The van der Waals surface area contributed by atoms with Crippen molar-refractivity contribution in [3.8, 4) is 11.5 Å². The van der Waals surface area contributed by atoms with Crippen LogP contribution in [-0.2, 0) is 4.79 Å². The van der Waals surface area contributed by atoms with E-state index >= 15 is 0 Å². The minimum absolute atomic E-state index is 0.171. The van der Waals surface area contributed by atoms with Crippen LogP contribution < -0.4 is 20.5 Å². The summed E-state index contributed by atoms with van der Waals surface area (Å²) in [5, 5.41) is 14.2. The molecule has 0 aliphatic rings. The number of nitrogens with two attached hydrogens (primary N) is 1. The van der Waals surface area contributed by atoms with Gasteiger partial charge in [-0.25, -0.2) is 0 Å². The fourth-order valence-corrected chi connectivity index (χ4v) is 1.44. The number of nitrogens with zero attached hydrogens (tertiary/aromatic N) is 1. The summed E-state index contributed by atoms with van der Waals surface area (Å²) in [4.78, 5) is 12.1. The van der Waals surface area contributed by atoms with Gasteiger partial charge in [0.15, 0.2) is 17.3 Å². The Balaban J connectivity index is 2.97. The molecule has 4 N–H and O–H groups in total. The van der Waals surface area contributed by atoms with Crippen molar-refractivity contribution in [3.63, 3.8) is 0 Å². The molecular formula is C13H19N3O4. The van der Waals surface area contributed by atoms with Crippen LogP contribution in [-0.4, -0.2) is 31.2 Å². The van der Waals surface area contributed by atoms with Crippen molar-refractivity contribution in [1.82, 2.24) is 0 Å². The van der Waals surface area contributed by atoms with Crippen molar-refractivity contribution in [2.75, 3.05) is 19.5 Å². The molecule has 1 aromatic rings. The summed E-state index contributed by atoms with van der Waals surface area (Å²) in [6, 6.07) is 4.96. The quantitative estimate of drug-likeness (QED) is 0.327. The average molecular weight is 281 g/mol. The maximum Gasteiger partial charge on any atom is 0.237 e. The normalized spacial score (nSPS) is 11.9. The van der Waals surface area contributed by atoms with Crippen molar-refractivity contribution in [1.29, 1.82) is 0 Å². The topological polar surface area (TPSA) is 106 Å². The van der Waals surface area contributed by atoms with Crippen LogP contribution in [0.15, 0.2) is 23.4 Å². The van der Waals surface area contributed by atoms with E-state index in [0.717, 1.165) is 0 Å². The van der Waals surface area contributed by atoms with E-state index in [2.05, 4.69) is 10.5 Å². The number of hydrogen-bond donors (Lipinski definition) is 3. The fourth-order valence-electron chi connectivity index (χ4n) is 1.44. The SMILES string of the molecule is COc1ccc(NC(=O)C(C)(C)C(N)=NO)cc1OC. The Morgan fingerprint density at radius 3 is 2.40 bits per heavy atom. The van der Waals surface area contributed by atoms with Crippen LogP contribution in [0.2, 0.25) is 0 Å². The highest BCUT2D eigenvalue weighted by Crippen LogP contribution is 2.30. The van der Waals surface area contributed by atoms with Crippen LogP contribution in [0.1, 0.15) is 13.8 Å². The molecule has 0 radical (unpaired) electrons. The molecule has 0 saturated carbocycles. The summed E-state index contributed by atoms with van der Waals surface area (Å²) < 4.78 is 10.3. The molecule has 7 heteroatoms. The molecule has 0 heterocycles. The predicted octanol–water partition coefficient (Wildman–Crippen LogP) is 1.41. The minimum Gasteiger partial charge on any atom is -0.493 e. The van der Waals surface area contributed by atoms with Gasteiger partial charge in [0, 0.05) is 11.8 Å². The number of carbonyl (C=O) groups is 1. The van der Waals surface area contributed by atoms with Crippen molar-refractivity contribution in [2.24, 2.45) is 16.3 Å². The second kappa shape index (κ2) is 6.14. The van der Waals surface area contributed by atoms with E-state index in [-0.39, 0.29) is 5.84 Å². The molecule has 1 aromatic carbocycles. The second-order valence-electron chi connectivity index (χ2n) is 4.63. The number of ether oxygens (including phenoxy) is 2. The first-order valence-corrected chi connectivity index (χ1v) is 5.88. The van der Waals surface area contributed by atoms with Gasteiger partial charge in [0.05, 0.1) is 14.2 Å². The van der Waals surface area contributed by atoms with Crippen LogP contribution in [0.25, 0.3) is 0 Å². The van der Waals surface area contributed by atoms with Crippen LogP contribution in [0, 0.1) is 5.41 Å². The molecule has 0 unspecified atom stereocenters. The van der Waals surface area contributed by atoms with Gasteiger partial charge in [0.25, 0.3) is 0 Å². The number of anilines is 1. The molecular weight excluding hydrogens is 262 g/mol. The molecule has 0 bridgehead atoms. The summed E-state index contributed by atoms with van der Waals surface area (Å²) in [6.07, 6.45) is 0. The zero-order chi connectivity index (χ0) is 15.3. The lowest BCUT2D eigenvalue weighted by Gasteiger charge is -2.22. The largest absolute Gasteiger partial charge is 0.493 e. The second-order valence-corrected chi connectivity index (χ2v) is 4.63. The fraction of sp³-hybridized carbons (Fsp3) is 0.385. The van der Waals surface area contributed by atoms with Gasteiger partial charge >= 0.3 is 0 Å². The molecule has 110 valence electrons. The molecule has 0 fully saturated rings. The van der Waals surface area contributed by atoms with Crippen LogP contribution in [0.5, 0.6) is 11.5 Å². The van der Waals surface area contributed by atoms with Gasteiger partial charge in [-0.15, -0.1) is 0 Å². The van der Waals surface area contributed by atoms with E-state index in [1.807, 2.05) is 0 Å². The number of amidine groups is 1. The molecule has 0 spiro atoms. The Morgan fingerprint density at radius 2 is 1.90 bits per heavy atom. The molecule has 0 saturated heterocycles. The molecule has 0 aliphatic heterocycles. The third-order valence-electron chi connectivity index (χ3n) is 2.96. The van der Waals surface area contributed by atoms with E-state index in [1.54, 1.807) is 32.0 Å². The number of nitrogens with one attached hydrogen (secondary N) is 1. The van der Waals surface area contributed by atoms with Gasteiger partial charge in [0.2, 0.25) is 5.91 Å². The maximum absolute atomic E-state index is 12.1. The molecule has 7 nitrogen and oxygen atoms in total. The Hall–Kier alpha value is -2.44. The Morgan fingerprint density at radius 1 is 1.30 bits per heavy atom. The molecule has 20 heavy (non-hydrogen) atoms. The molecule has 1 rings (SSSR count). The van der Waals surface area contributed by atoms with E-state index in [9.17, 15) is 4.79 Å². The minimum atomic E-state index is -1.14. The van der Waals surface area contributed by atoms with Gasteiger partial charge in [-0.1, -0.05) is 5.16 Å². The van der Waals surface area contributed by atoms with Gasteiger partial charge in [-0.2, -0.15) is 0 Å². The summed E-state index contributed by atoms with van der Waals surface area (Å²) >= 11 is 0. The smallest absolute Gasteiger partial charge is 0.237 e. The third-order valence-corrected chi connectivity index (χ3v) is 2.96. The van der Waals surface area contributed by atoms with E-state index in [1.165, 1.54) is 14.2 Å². The average Bonchev–Trinajstić information content (AvgIpc) is 2.45. The lowest BCUT2D eigenvalue weighted by atomic mass is 9.91. The standard InChI is InChI=1S/C13H19N3O4/c1-13(2,11(14)16-18)12(17)15-8-5-6-9(19-3)10(7-8)20-4/h5-7,18H,1-4H3,(H2,14,16)(H,15,17). The number of methoxy groups -OCH3 is 2. The van der Waals surface area contributed by atoms with E-state index < -0.39 is 11.3 Å². The molecule has 0 aromatic heterocycles. The number of rotatable bonds is 5. The highest BCUT2D eigenvalue weighted by molar-refractivity contribution is 6.11. The number of amides is 1. The predicted molar refractivity (Wildman–Crippen MR) is 75.4 cm³/mol. The number of oxime groups is 1. The first-order valence-electron chi connectivity index (χ1n) is 5.88. The lowest BCUT2D eigenvalue weighted by Crippen LogP contribution is -2.42. The Kier molecular flexibility index (Phi) is 4.79. The zero-order valence-corrected chi connectivity index (χ0v) is 11.9. The molecule has 0 aliphatic carbocycles. The summed E-state index contributed by atoms with van der Waals surface area (Å²) in [7, 11) is 3.03. The Bertz CT molecular complexity index is 526. The van der Waals surface area contributed by atoms with E-state index in [0.29, 0.717) is 17.2 Å². The number of hydrogen-bond acceptors (Lipinski definition) is 5. The molecule has 1 amide bonds. The lowest BCUT2D eigenvalue weighted by molar-refractivity contribution is -0.121. The van der Waals surface area contributed by atoms with Crippen LogP contribution >= 0.6 is 0 Å². The van der Waals surface area contributed by atoms with E-state index in [4.69, 9.17) is 20.4 Å². The van der Waals surface area contributed by atoms with Crippen molar-refractivity contribution >= 4 is 17.4 Å². The highest BCUT2D eigenvalue weighted by Gasteiger charge is 2.33. The number of benzene rings is 1. The summed E-state index contributed by atoms with van der Waals surface area (Å²) in [5.74, 6) is 0.476. The van der Waals surface area contributed by atoms with Crippen LogP contribution in [0.4, 0.5) is 5.69 Å². The summed E-state index contributed by atoms with van der Waals surface area (Å²) in [5.41, 5.74) is 4.88. The highest BCUT2D eigenvalue weighted by atomic mass is 16.5. The Labute approximate surface area is 117 Å². The third kappa shape index (κ3) is 3.11. The van der Waals surface area contributed by atoms with Gasteiger partial charge in [-0.05, 0) is 26.0 Å². The van der Waals surface area contributed by atoms with Crippen molar-refractivity contribution in [2.45, 2.75) is 13.8 Å². The first-order chi connectivity index (χ1) is 9.36. The monoisotopic (exact) mass is 281 g/mol. The first kappa shape index (κ1) is 15.6. The van der Waals surface area contributed by atoms with Gasteiger partial charge < -0.3 is 25.7 Å². The van der Waals surface area contributed by atoms with Crippen molar-refractivity contribution < 1.29 is 19.5 Å². The summed E-state index contributed by atoms with van der Waals surface area (Å²) in [6.45, 7) is 3.11. The van der Waals surface area contributed by atoms with Gasteiger partial charge in [0.1, 0.15) is 5.41 Å². The zero-order valence-electron chi connectivity index (χ0n) is 11.9. The van der Waals surface area contributed by atoms with Crippen molar-refractivity contribution in [3.05, 3.63) is 18.2 Å². The maximum atomic E-state index is 12.1. The molecule has 0 atom stereocenters.